The first-order chi connectivity index (χ1) is 14.7. The molecule has 2 aliphatic rings. The smallest absolute Gasteiger partial charge is 0.417 e. The van der Waals surface area contributed by atoms with Gasteiger partial charge in [0.15, 0.2) is 5.60 Å². The average Bonchev–Trinajstić information content (AvgIpc) is 2.68. The van der Waals surface area contributed by atoms with Crippen LogP contribution in [0, 0.1) is 5.82 Å². The third-order valence-corrected chi connectivity index (χ3v) is 6.56. The molecular formula is C24H27F4NO2S. The summed E-state index contributed by atoms with van der Waals surface area (Å²) in [5.74, 6) is -0.536. The highest BCUT2D eigenvalue weighted by Gasteiger charge is 2.57. The van der Waals surface area contributed by atoms with E-state index in [2.05, 4.69) is 17.6 Å². The topological polar surface area (TPSA) is 41.8 Å². The number of allylic oxidation sites excluding steroid dienone is 3. The minimum Gasteiger partial charge on any atom is -0.496 e. The van der Waals surface area contributed by atoms with Gasteiger partial charge in [-0.2, -0.15) is 13.2 Å². The zero-order chi connectivity index (χ0) is 23.9. The van der Waals surface area contributed by atoms with Crippen molar-refractivity contribution in [2.24, 2.45) is 4.99 Å². The fourth-order valence-electron chi connectivity index (χ4n) is 4.51. The van der Waals surface area contributed by atoms with Crippen molar-refractivity contribution in [3.63, 3.8) is 0 Å². The third kappa shape index (κ3) is 4.53. The Morgan fingerprint density at radius 1 is 1.22 bits per heavy atom. The maximum atomic E-state index is 14.3. The van der Waals surface area contributed by atoms with Gasteiger partial charge in [-0.3, -0.25) is 4.99 Å². The van der Waals surface area contributed by atoms with Gasteiger partial charge in [0.25, 0.3) is 0 Å². The van der Waals surface area contributed by atoms with Crippen LogP contribution in [0.3, 0.4) is 0 Å². The summed E-state index contributed by atoms with van der Waals surface area (Å²) in [7, 11) is 1.32. The molecule has 32 heavy (non-hydrogen) atoms. The number of hydrogen-bond donors (Lipinski definition) is 2. The van der Waals surface area contributed by atoms with Gasteiger partial charge in [-0.25, -0.2) is 4.39 Å². The summed E-state index contributed by atoms with van der Waals surface area (Å²) < 4.78 is 62.1. The largest absolute Gasteiger partial charge is 0.496 e. The van der Waals surface area contributed by atoms with E-state index in [1.807, 2.05) is 13.0 Å². The average molecular weight is 470 g/mol. The Kier molecular flexibility index (Phi) is 6.43. The first-order valence-corrected chi connectivity index (χ1v) is 10.7. The van der Waals surface area contributed by atoms with Crippen LogP contribution < -0.4 is 4.74 Å². The van der Waals surface area contributed by atoms with Crippen LogP contribution >= 0.6 is 12.6 Å². The highest BCUT2D eigenvalue weighted by Crippen LogP contribution is 2.49. The van der Waals surface area contributed by atoms with Gasteiger partial charge < -0.3 is 9.84 Å². The van der Waals surface area contributed by atoms with Crippen molar-refractivity contribution in [1.82, 2.24) is 0 Å². The van der Waals surface area contributed by atoms with Gasteiger partial charge in [0.05, 0.1) is 12.6 Å². The van der Waals surface area contributed by atoms with Crippen LogP contribution in [0.5, 0.6) is 5.75 Å². The number of fused-ring (bicyclic) bond motifs is 1. The highest BCUT2D eigenvalue weighted by atomic mass is 32.1. The Morgan fingerprint density at radius 3 is 2.53 bits per heavy atom. The molecule has 0 spiro atoms. The maximum Gasteiger partial charge on any atom is 0.417 e. The summed E-state index contributed by atoms with van der Waals surface area (Å²) in [6.45, 7) is 4.99. The molecule has 2 unspecified atom stereocenters. The van der Waals surface area contributed by atoms with E-state index in [4.69, 9.17) is 4.74 Å². The minimum absolute atomic E-state index is 0.00876. The number of alkyl halides is 3. The minimum atomic E-state index is -4.90. The Hall–Kier alpha value is -2.06. The Balaban J connectivity index is 2.01. The number of rotatable bonds is 6. The normalized spacial score (nSPS) is 22.7. The van der Waals surface area contributed by atoms with E-state index in [1.54, 1.807) is 26.0 Å². The number of halogens is 4. The first-order valence-electron chi connectivity index (χ1n) is 10.2. The summed E-state index contributed by atoms with van der Waals surface area (Å²) in [5.41, 5.74) is -3.51. The zero-order valence-corrected chi connectivity index (χ0v) is 19.3. The standard InChI is InChI=1S/C24H27F4NO2S/c1-21(2,17-11-20(32)18(25)12-19(17)31-4)14-23(30,24(26,27)28)13-15-8-10-29-22(3)9-6-5-7-16(15)22/h5-8,10-12,30,32H,9,13-14H2,1-4H3. The number of aliphatic imine (C=N–C) groups is 1. The van der Waals surface area contributed by atoms with Gasteiger partial charge in [0.1, 0.15) is 11.6 Å². The number of dihydropyridines is 1. The summed E-state index contributed by atoms with van der Waals surface area (Å²) in [5, 5.41) is 11.1. The fourth-order valence-corrected chi connectivity index (χ4v) is 4.70. The summed E-state index contributed by atoms with van der Waals surface area (Å²) in [6, 6.07) is 2.45. The van der Waals surface area contributed by atoms with Crippen LogP contribution in [-0.2, 0) is 5.41 Å². The van der Waals surface area contributed by atoms with Gasteiger partial charge in [-0.15, -0.1) is 12.6 Å². The second-order valence-electron chi connectivity index (χ2n) is 9.23. The molecule has 0 bridgehead atoms. The Labute approximate surface area is 191 Å². The molecule has 1 aliphatic heterocycles. The van der Waals surface area contributed by atoms with Gasteiger partial charge in [-0.05, 0) is 48.5 Å². The summed E-state index contributed by atoms with van der Waals surface area (Å²) >= 11 is 4.07. The second kappa shape index (κ2) is 8.37. The van der Waals surface area contributed by atoms with Crippen molar-refractivity contribution in [3.8, 4) is 5.75 Å². The molecule has 1 aromatic carbocycles. The SMILES string of the molecule is COc1cc(F)c(S)cc1C(C)(C)CC(O)(CC1=CC=NC2(C)CC=CC=C12)C(F)(F)F. The quantitative estimate of drug-likeness (QED) is 0.389. The lowest BCUT2D eigenvalue weighted by Crippen LogP contribution is -2.50. The molecular weight excluding hydrogens is 442 g/mol. The van der Waals surface area contributed by atoms with Crippen LogP contribution in [0.25, 0.3) is 0 Å². The van der Waals surface area contributed by atoms with Gasteiger partial charge in [0, 0.05) is 29.2 Å². The Bertz CT molecular complexity index is 1030. The Morgan fingerprint density at radius 2 is 1.91 bits per heavy atom. The van der Waals surface area contributed by atoms with Crippen LogP contribution in [0.2, 0.25) is 0 Å². The van der Waals surface area contributed by atoms with Gasteiger partial charge >= 0.3 is 6.18 Å². The monoisotopic (exact) mass is 469 g/mol. The number of thiol groups is 1. The molecule has 0 fully saturated rings. The third-order valence-electron chi connectivity index (χ3n) is 6.22. The molecule has 8 heteroatoms. The van der Waals surface area contributed by atoms with Crippen LogP contribution in [-0.4, -0.2) is 35.7 Å². The van der Waals surface area contributed by atoms with E-state index in [0.717, 1.165) is 6.07 Å². The molecule has 3 nitrogen and oxygen atoms in total. The fraction of sp³-hybridized carbons (Fsp3) is 0.458. The molecule has 0 aromatic heterocycles. The lowest BCUT2D eigenvalue weighted by Gasteiger charge is -2.41. The van der Waals surface area contributed by atoms with E-state index in [-0.39, 0.29) is 10.6 Å². The molecule has 174 valence electrons. The molecule has 1 aromatic rings. The number of ether oxygens (including phenoxy) is 1. The van der Waals surface area contributed by atoms with Gasteiger partial charge in [-0.1, -0.05) is 32.1 Å². The van der Waals surface area contributed by atoms with E-state index in [0.29, 0.717) is 23.1 Å². The first kappa shape index (κ1) is 24.6. The lowest BCUT2D eigenvalue weighted by atomic mass is 9.70. The van der Waals surface area contributed by atoms with Crippen LogP contribution in [0.4, 0.5) is 17.6 Å². The highest BCUT2D eigenvalue weighted by molar-refractivity contribution is 7.80. The molecule has 1 aliphatic carbocycles. The van der Waals surface area contributed by atoms with E-state index >= 15 is 0 Å². The van der Waals surface area contributed by atoms with Crippen molar-refractivity contribution in [1.29, 1.82) is 0 Å². The zero-order valence-electron chi connectivity index (χ0n) is 18.4. The van der Waals surface area contributed by atoms with Gasteiger partial charge in [0.2, 0.25) is 0 Å². The molecule has 0 saturated carbocycles. The number of hydrogen-bond acceptors (Lipinski definition) is 4. The molecule has 0 amide bonds. The molecule has 0 radical (unpaired) electrons. The van der Waals surface area contributed by atoms with Crippen molar-refractivity contribution in [3.05, 3.63) is 59.0 Å². The maximum absolute atomic E-state index is 14.3. The number of methoxy groups -OCH3 is 1. The number of benzene rings is 1. The van der Waals surface area contributed by atoms with E-state index in [9.17, 15) is 22.7 Å². The number of nitrogens with zero attached hydrogens (tertiary/aromatic N) is 1. The predicted molar refractivity (Wildman–Crippen MR) is 120 cm³/mol. The summed E-state index contributed by atoms with van der Waals surface area (Å²) in [6.07, 6.45) is 2.87. The molecule has 1 N–H and O–H groups in total. The van der Waals surface area contributed by atoms with Crippen LogP contribution in [0.15, 0.2) is 57.5 Å². The van der Waals surface area contributed by atoms with Crippen molar-refractivity contribution in [2.45, 2.75) is 67.7 Å². The van der Waals surface area contributed by atoms with Crippen LogP contribution in [0.1, 0.15) is 45.6 Å². The van der Waals surface area contributed by atoms with Crippen molar-refractivity contribution >= 4 is 18.8 Å². The molecule has 2 atom stereocenters. The van der Waals surface area contributed by atoms with E-state index in [1.165, 1.54) is 25.5 Å². The lowest BCUT2D eigenvalue weighted by molar-refractivity contribution is -0.266. The molecule has 1 heterocycles. The summed E-state index contributed by atoms with van der Waals surface area (Å²) in [4.78, 5) is 4.44. The molecule has 3 rings (SSSR count). The van der Waals surface area contributed by atoms with Crippen molar-refractivity contribution < 1.29 is 27.4 Å². The van der Waals surface area contributed by atoms with Crippen molar-refractivity contribution in [2.75, 3.05) is 7.11 Å². The number of aliphatic hydroxyl groups is 1. The second-order valence-corrected chi connectivity index (χ2v) is 9.71. The van der Waals surface area contributed by atoms with E-state index < -0.39 is 41.4 Å². The molecule has 0 saturated heterocycles. The predicted octanol–water partition coefficient (Wildman–Crippen LogP) is 6.13.